The predicted molar refractivity (Wildman–Crippen MR) is 89.9 cm³/mol. The van der Waals surface area contributed by atoms with Crippen LogP contribution in [-0.2, 0) is 4.74 Å². The minimum absolute atomic E-state index is 0.688. The van der Waals surface area contributed by atoms with Crippen LogP contribution in [0.5, 0.6) is 0 Å². The summed E-state index contributed by atoms with van der Waals surface area (Å²) in [7, 11) is 1.22. The molecule has 0 N–H and O–H groups in total. The monoisotopic (exact) mass is 295 g/mol. The highest BCUT2D eigenvalue weighted by molar-refractivity contribution is 6.81. The topological polar surface area (TPSA) is 12.5 Å². The van der Waals surface area contributed by atoms with Gasteiger partial charge in [0.1, 0.15) is 0 Å². The Labute approximate surface area is 126 Å². The molecule has 1 atom stereocenters. The van der Waals surface area contributed by atoms with Crippen LogP contribution in [0, 0.1) is 5.92 Å². The molecular weight excluding hydrogens is 262 g/mol. The Morgan fingerprint density at radius 3 is 2.55 bits per heavy atom. The van der Waals surface area contributed by atoms with Crippen molar-refractivity contribution in [2.24, 2.45) is 5.92 Å². The fraction of sp³-hybridized carbons (Fsp3) is 0.882. The van der Waals surface area contributed by atoms with Gasteiger partial charge in [0.05, 0.1) is 21.3 Å². The molecule has 116 valence electrons. The van der Waals surface area contributed by atoms with Gasteiger partial charge in [0.2, 0.25) is 0 Å². The van der Waals surface area contributed by atoms with E-state index in [2.05, 4.69) is 37.3 Å². The Kier molecular flexibility index (Phi) is 5.88. The van der Waals surface area contributed by atoms with Gasteiger partial charge in [-0.25, -0.2) is 0 Å². The van der Waals surface area contributed by atoms with Crippen molar-refractivity contribution >= 4 is 8.07 Å². The molecule has 1 saturated carbocycles. The van der Waals surface area contributed by atoms with E-state index in [1.165, 1.54) is 45.1 Å². The molecule has 2 rings (SSSR count). The minimum Gasteiger partial charge on any atom is -0.376 e. The van der Waals surface area contributed by atoms with Crippen LogP contribution >= 0.6 is 0 Å². The zero-order chi connectivity index (χ0) is 14.6. The van der Waals surface area contributed by atoms with E-state index in [9.17, 15) is 0 Å². The largest absolute Gasteiger partial charge is 0.376 e. The summed E-state index contributed by atoms with van der Waals surface area (Å²) < 4.78 is 5.73. The van der Waals surface area contributed by atoms with E-state index in [-0.39, 0.29) is 0 Å². The zero-order valence-electron chi connectivity index (χ0n) is 14.0. The van der Waals surface area contributed by atoms with Gasteiger partial charge in [-0.05, 0) is 38.4 Å². The van der Waals surface area contributed by atoms with Crippen LogP contribution in [0.25, 0.3) is 0 Å². The third-order valence-electron chi connectivity index (χ3n) is 4.76. The van der Waals surface area contributed by atoms with Gasteiger partial charge in [-0.15, -0.1) is 0 Å². The Balaban J connectivity index is 1.81. The number of hydrogen-bond acceptors (Lipinski definition) is 2. The van der Waals surface area contributed by atoms with Crippen LogP contribution in [0.2, 0.25) is 19.6 Å². The van der Waals surface area contributed by atoms with Gasteiger partial charge in [-0.2, -0.15) is 0 Å². The van der Waals surface area contributed by atoms with Crippen molar-refractivity contribution < 1.29 is 4.74 Å². The van der Waals surface area contributed by atoms with Gasteiger partial charge in [-0.1, -0.05) is 44.6 Å². The molecule has 1 heterocycles. The molecule has 0 spiro atoms. The number of hydrogen-bond donors (Lipinski definition) is 0. The molecule has 0 amide bonds. The quantitative estimate of drug-likeness (QED) is 0.708. The average Bonchev–Trinajstić information content (AvgIpc) is 2.82. The van der Waals surface area contributed by atoms with Crippen molar-refractivity contribution in [2.45, 2.75) is 64.2 Å². The third kappa shape index (κ3) is 5.01. The molecule has 0 aromatic rings. The molecule has 1 aliphatic carbocycles. The Bertz CT molecular complexity index is 328. The third-order valence-corrected chi connectivity index (χ3v) is 6.00. The van der Waals surface area contributed by atoms with Crippen LogP contribution in [0.4, 0.5) is 0 Å². The number of ether oxygens (including phenoxy) is 1. The summed E-state index contributed by atoms with van der Waals surface area (Å²) in [6, 6.07) is 0.843. The first kappa shape index (κ1) is 16.3. The van der Waals surface area contributed by atoms with E-state index in [0.717, 1.165) is 19.3 Å². The molecule has 0 aromatic carbocycles. The van der Waals surface area contributed by atoms with Crippen LogP contribution in [0.1, 0.15) is 38.5 Å². The minimum atomic E-state index is -1.11. The SMILES string of the molecule is CN(CCC1COC/C1=C\[Si](C)(C)C)C1CCCCC1. The summed E-state index contributed by atoms with van der Waals surface area (Å²) in [6.45, 7) is 10.3. The molecule has 2 fully saturated rings. The van der Waals surface area contributed by atoms with Gasteiger partial charge in [-0.3, -0.25) is 0 Å². The zero-order valence-corrected chi connectivity index (χ0v) is 15.0. The van der Waals surface area contributed by atoms with Crippen LogP contribution in [0.15, 0.2) is 11.3 Å². The summed E-state index contributed by atoms with van der Waals surface area (Å²) in [4.78, 5) is 2.61. The highest BCUT2D eigenvalue weighted by atomic mass is 28.3. The molecule has 20 heavy (non-hydrogen) atoms. The van der Waals surface area contributed by atoms with Crippen LogP contribution in [-0.4, -0.2) is 45.8 Å². The lowest BCUT2D eigenvalue weighted by atomic mass is 9.93. The second kappa shape index (κ2) is 7.23. The normalized spacial score (nSPS) is 27.6. The fourth-order valence-electron chi connectivity index (χ4n) is 3.59. The van der Waals surface area contributed by atoms with Crippen LogP contribution < -0.4 is 0 Å². The molecule has 0 aromatic heterocycles. The van der Waals surface area contributed by atoms with Gasteiger partial charge < -0.3 is 9.64 Å². The van der Waals surface area contributed by atoms with E-state index in [1.54, 1.807) is 5.57 Å². The molecule has 1 unspecified atom stereocenters. The lowest BCUT2D eigenvalue weighted by Gasteiger charge is -2.31. The highest BCUT2D eigenvalue weighted by Gasteiger charge is 2.25. The summed E-state index contributed by atoms with van der Waals surface area (Å²) in [6.07, 6.45) is 8.42. The molecule has 0 bridgehead atoms. The fourth-order valence-corrected chi connectivity index (χ4v) is 5.02. The lowest BCUT2D eigenvalue weighted by molar-refractivity contribution is 0.163. The predicted octanol–water partition coefficient (Wildman–Crippen LogP) is 4.09. The summed E-state index contributed by atoms with van der Waals surface area (Å²) in [5.41, 5.74) is 4.17. The molecule has 3 heteroatoms. The Hall–Kier alpha value is -0.123. The Morgan fingerprint density at radius 2 is 1.90 bits per heavy atom. The maximum atomic E-state index is 5.73. The van der Waals surface area contributed by atoms with Crippen molar-refractivity contribution in [1.82, 2.24) is 4.90 Å². The lowest BCUT2D eigenvalue weighted by Crippen LogP contribution is -2.35. The second-order valence-corrected chi connectivity index (χ2v) is 12.9. The summed E-state index contributed by atoms with van der Waals surface area (Å²) in [5, 5.41) is 0. The van der Waals surface area contributed by atoms with E-state index in [1.807, 2.05) is 0 Å². The molecule has 2 nitrogen and oxygen atoms in total. The molecule has 1 saturated heterocycles. The molecular formula is C17H33NOSi. The number of nitrogens with zero attached hydrogens (tertiary/aromatic N) is 1. The highest BCUT2D eigenvalue weighted by Crippen LogP contribution is 2.27. The second-order valence-electron chi connectivity index (χ2n) is 7.86. The maximum absolute atomic E-state index is 5.73. The van der Waals surface area contributed by atoms with Gasteiger partial charge >= 0.3 is 0 Å². The first-order chi connectivity index (χ1) is 9.46. The van der Waals surface area contributed by atoms with Crippen molar-refractivity contribution in [1.29, 1.82) is 0 Å². The standard InChI is InChI=1S/C17H33NOSi/c1-18(17-8-6-5-7-9-17)11-10-15-12-19-13-16(15)14-20(2,3)4/h14-15,17H,5-13H2,1-4H3/b16-14+. The van der Waals surface area contributed by atoms with Gasteiger partial charge in [0.25, 0.3) is 0 Å². The van der Waals surface area contributed by atoms with Crippen molar-refractivity contribution in [3.05, 3.63) is 11.3 Å². The Morgan fingerprint density at radius 1 is 1.20 bits per heavy atom. The van der Waals surface area contributed by atoms with Gasteiger partial charge in [0, 0.05) is 12.0 Å². The molecule has 2 aliphatic rings. The smallest absolute Gasteiger partial charge is 0.0687 e. The average molecular weight is 296 g/mol. The van der Waals surface area contributed by atoms with Crippen molar-refractivity contribution in [2.75, 3.05) is 26.8 Å². The van der Waals surface area contributed by atoms with Gasteiger partial charge in [0.15, 0.2) is 0 Å². The van der Waals surface area contributed by atoms with E-state index in [0.29, 0.717) is 5.92 Å². The first-order valence-corrected chi connectivity index (χ1v) is 12.0. The van der Waals surface area contributed by atoms with E-state index in [4.69, 9.17) is 4.74 Å². The van der Waals surface area contributed by atoms with E-state index < -0.39 is 8.07 Å². The summed E-state index contributed by atoms with van der Waals surface area (Å²) >= 11 is 0. The van der Waals surface area contributed by atoms with Crippen molar-refractivity contribution in [3.8, 4) is 0 Å². The van der Waals surface area contributed by atoms with Crippen LogP contribution in [0.3, 0.4) is 0 Å². The van der Waals surface area contributed by atoms with Crippen molar-refractivity contribution in [3.63, 3.8) is 0 Å². The first-order valence-electron chi connectivity index (χ1n) is 8.45. The maximum Gasteiger partial charge on any atom is 0.0687 e. The molecule has 0 radical (unpaired) electrons. The summed E-state index contributed by atoms with van der Waals surface area (Å²) in [5.74, 6) is 0.688. The molecule has 1 aliphatic heterocycles. The van der Waals surface area contributed by atoms with E-state index >= 15 is 0 Å². The number of rotatable bonds is 5.